The fraction of sp³-hybridized carbons (Fsp3) is 0. The zero-order chi connectivity index (χ0) is 10.1. The van der Waals surface area contributed by atoms with Crippen LogP contribution in [0.1, 0.15) is 10.4 Å². The van der Waals surface area contributed by atoms with E-state index in [1.165, 1.54) is 12.3 Å². The van der Waals surface area contributed by atoms with Gasteiger partial charge in [0.1, 0.15) is 0 Å². The molecule has 0 aliphatic carbocycles. The Balaban J connectivity index is 2.84. The number of rotatable bonds is 1. The maximum Gasteiger partial charge on any atom is 0.336 e. The van der Waals surface area contributed by atoms with Crippen LogP contribution in [0.15, 0.2) is 30.5 Å². The van der Waals surface area contributed by atoms with Crippen LogP contribution in [0.3, 0.4) is 0 Å². The van der Waals surface area contributed by atoms with E-state index < -0.39 is 5.97 Å². The van der Waals surface area contributed by atoms with E-state index in [1.54, 1.807) is 18.2 Å². The zero-order valence-corrected chi connectivity index (χ0v) is 7.82. The number of carboxylic acids is 1. The van der Waals surface area contributed by atoms with Gasteiger partial charge in [-0.1, -0.05) is 17.7 Å². The van der Waals surface area contributed by atoms with Crippen molar-refractivity contribution in [2.24, 2.45) is 0 Å². The SMILES string of the molecule is O=C(O)c1cccc2ncc(Cl)cc12. The van der Waals surface area contributed by atoms with Gasteiger partial charge in [0.2, 0.25) is 0 Å². The number of hydrogen-bond acceptors (Lipinski definition) is 2. The molecule has 14 heavy (non-hydrogen) atoms. The van der Waals surface area contributed by atoms with Crippen molar-refractivity contribution in [3.05, 3.63) is 41.0 Å². The molecule has 0 atom stereocenters. The summed E-state index contributed by atoms with van der Waals surface area (Å²) >= 11 is 5.74. The molecule has 2 rings (SSSR count). The minimum Gasteiger partial charge on any atom is -0.478 e. The molecule has 3 nitrogen and oxygen atoms in total. The van der Waals surface area contributed by atoms with Gasteiger partial charge < -0.3 is 5.11 Å². The summed E-state index contributed by atoms with van der Waals surface area (Å²) in [4.78, 5) is 14.9. The number of pyridine rings is 1. The Morgan fingerprint density at radius 1 is 1.43 bits per heavy atom. The van der Waals surface area contributed by atoms with Gasteiger partial charge in [-0.05, 0) is 18.2 Å². The molecule has 1 aromatic heterocycles. The summed E-state index contributed by atoms with van der Waals surface area (Å²) in [5.41, 5.74) is 0.854. The van der Waals surface area contributed by atoms with Gasteiger partial charge >= 0.3 is 5.97 Å². The van der Waals surface area contributed by atoms with Gasteiger partial charge in [-0.2, -0.15) is 0 Å². The molecule has 0 saturated heterocycles. The van der Waals surface area contributed by atoms with Gasteiger partial charge in [0.25, 0.3) is 0 Å². The topological polar surface area (TPSA) is 50.2 Å². The average Bonchev–Trinajstić information content (AvgIpc) is 2.16. The standard InChI is InChI=1S/C10H6ClNO2/c11-6-4-8-7(10(13)14)2-1-3-9(8)12-5-6/h1-5H,(H,13,14). The first-order valence-corrected chi connectivity index (χ1v) is 4.34. The molecule has 0 aliphatic rings. The highest BCUT2D eigenvalue weighted by Gasteiger charge is 2.08. The number of carboxylic acid groups (broad SMARTS) is 1. The van der Waals surface area contributed by atoms with Gasteiger partial charge in [-0.25, -0.2) is 4.79 Å². The lowest BCUT2D eigenvalue weighted by atomic mass is 10.1. The summed E-state index contributed by atoms with van der Waals surface area (Å²) in [7, 11) is 0. The van der Waals surface area contributed by atoms with Crippen LogP contribution in [-0.4, -0.2) is 16.1 Å². The summed E-state index contributed by atoms with van der Waals surface area (Å²) in [6.45, 7) is 0. The number of aromatic nitrogens is 1. The molecule has 0 spiro atoms. The monoisotopic (exact) mass is 207 g/mol. The van der Waals surface area contributed by atoms with Crippen molar-refractivity contribution in [1.82, 2.24) is 4.98 Å². The molecule has 70 valence electrons. The van der Waals surface area contributed by atoms with Crippen LogP contribution in [0.2, 0.25) is 5.02 Å². The molecule has 0 aliphatic heterocycles. The van der Waals surface area contributed by atoms with Gasteiger partial charge in [-0.3, -0.25) is 4.98 Å². The van der Waals surface area contributed by atoms with Crippen LogP contribution in [0.4, 0.5) is 0 Å². The number of carbonyl (C=O) groups is 1. The Morgan fingerprint density at radius 2 is 2.21 bits per heavy atom. The van der Waals surface area contributed by atoms with Crippen LogP contribution < -0.4 is 0 Å². The molecule has 2 aromatic rings. The van der Waals surface area contributed by atoms with E-state index in [0.29, 0.717) is 15.9 Å². The van der Waals surface area contributed by atoms with E-state index >= 15 is 0 Å². The third-order valence-corrected chi connectivity index (χ3v) is 2.13. The average molecular weight is 208 g/mol. The Hall–Kier alpha value is -1.61. The molecule has 0 bridgehead atoms. The molecule has 1 heterocycles. The van der Waals surface area contributed by atoms with E-state index in [-0.39, 0.29) is 5.56 Å². The van der Waals surface area contributed by atoms with Crippen molar-refractivity contribution in [1.29, 1.82) is 0 Å². The molecular formula is C10H6ClNO2. The van der Waals surface area contributed by atoms with E-state index in [0.717, 1.165) is 0 Å². The van der Waals surface area contributed by atoms with E-state index in [9.17, 15) is 4.79 Å². The molecule has 0 fully saturated rings. The Kier molecular flexibility index (Phi) is 2.09. The predicted octanol–water partition coefficient (Wildman–Crippen LogP) is 2.59. The number of hydrogen-bond donors (Lipinski definition) is 1. The number of aromatic carboxylic acids is 1. The summed E-state index contributed by atoms with van der Waals surface area (Å²) in [5, 5.41) is 9.90. The van der Waals surface area contributed by atoms with Gasteiger partial charge in [0, 0.05) is 11.6 Å². The molecule has 4 heteroatoms. The van der Waals surface area contributed by atoms with Crippen LogP contribution >= 0.6 is 11.6 Å². The van der Waals surface area contributed by atoms with Crippen molar-refractivity contribution in [2.45, 2.75) is 0 Å². The lowest BCUT2D eigenvalue weighted by Crippen LogP contribution is -1.97. The van der Waals surface area contributed by atoms with Crippen molar-refractivity contribution < 1.29 is 9.90 Å². The third-order valence-electron chi connectivity index (χ3n) is 1.92. The Bertz CT molecular complexity index is 510. The van der Waals surface area contributed by atoms with Crippen molar-refractivity contribution in [3.8, 4) is 0 Å². The molecule has 1 N–H and O–H groups in total. The second kappa shape index (κ2) is 3.27. The van der Waals surface area contributed by atoms with Crippen LogP contribution in [-0.2, 0) is 0 Å². The summed E-state index contributed by atoms with van der Waals surface area (Å²) in [5.74, 6) is -0.973. The minimum atomic E-state index is -0.973. The largest absolute Gasteiger partial charge is 0.478 e. The molecule has 0 unspecified atom stereocenters. The highest BCUT2D eigenvalue weighted by molar-refractivity contribution is 6.31. The first kappa shape index (κ1) is 8.97. The predicted molar refractivity (Wildman–Crippen MR) is 53.7 cm³/mol. The number of fused-ring (bicyclic) bond motifs is 1. The fourth-order valence-corrected chi connectivity index (χ4v) is 1.47. The number of nitrogens with zero attached hydrogens (tertiary/aromatic N) is 1. The minimum absolute atomic E-state index is 0.220. The molecule has 1 aromatic carbocycles. The molecular weight excluding hydrogens is 202 g/mol. The maximum absolute atomic E-state index is 10.9. The number of halogens is 1. The number of benzene rings is 1. The summed E-state index contributed by atoms with van der Waals surface area (Å²) in [6.07, 6.45) is 1.50. The summed E-state index contributed by atoms with van der Waals surface area (Å²) in [6, 6.07) is 6.54. The Labute approximate surface area is 85.0 Å². The summed E-state index contributed by atoms with van der Waals surface area (Å²) < 4.78 is 0. The van der Waals surface area contributed by atoms with Crippen molar-refractivity contribution in [2.75, 3.05) is 0 Å². The first-order valence-electron chi connectivity index (χ1n) is 3.96. The molecule has 0 saturated carbocycles. The van der Waals surface area contributed by atoms with Crippen molar-refractivity contribution >= 4 is 28.5 Å². The quantitative estimate of drug-likeness (QED) is 0.782. The highest BCUT2D eigenvalue weighted by Crippen LogP contribution is 2.20. The zero-order valence-electron chi connectivity index (χ0n) is 7.07. The van der Waals surface area contributed by atoms with Crippen molar-refractivity contribution in [3.63, 3.8) is 0 Å². The van der Waals surface area contributed by atoms with Crippen LogP contribution in [0.25, 0.3) is 10.9 Å². The third kappa shape index (κ3) is 1.42. The van der Waals surface area contributed by atoms with E-state index in [1.807, 2.05) is 0 Å². The Morgan fingerprint density at radius 3 is 2.93 bits per heavy atom. The van der Waals surface area contributed by atoms with Gasteiger partial charge in [0.15, 0.2) is 0 Å². The van der Waals surface area contributed by atoms with Gasteiger partial charge in [0.05, 0.1) is 16.1 Å². The normalized spacial score (nSPS) is 10.4. The van der Waals surface area contributed by atoms with E-state index in [2.05, 4.69) is 4.98 Å². The fourth-order valence-electron chi connectivity index (χ4n) is 1.31. The lowest BCUT2D eigenvalue weighted by Gasteiger charge is -2.01. The van der Waals surface area contributed by atoms with Crippen LogP contribution in [0.5, 0.6) is 0 Å². The van der Waals surface area contributed by atoms with E-state index in [4.69, 9.17) is 16.7 Å². The second-order valence-corrected chi connectivity index (χ2v) is 3.27. The smallest absolute Gasteiger partial charge is 0.336 e. The molecule has 0 amide bonds. The first-order chi connectivity index (χ1) is 6.68. The second-order valence-electron chi connectivity index (χ2n) is 2.83. The highest BCUT2D eigenvalue weighted by atomic mass is 35.5. The van der Waals surface area contributed by atoms with Gasteiger partial charge in [-0.15, -0.1) is 0 Å². The maximum atomic E-state index is 10.9. The molecule has 0 radical (unpaired) electrons. The van der Waals surface area contributed by atoms with Crippen LogP contribution in [0, 0.1) is 0 Å². The lowest BCUT2D eigenvalue weighted by molar-refractivity contribution is 0.0699.